The molecule has 2 rings (SSSR count). The average molecular weight is 193 g/mol. The maximum atomic E-state index is 5.30. The zero-order valence-corrected chi connectivity index (χ0v) is 8.74. The Balaban J connectivity index is 1.82. The molecule has 0 spiro atoms. The molecule has 0 saturated carbocycles. The molecule has 2 nitrogen and oxygen atoms in total. The van der Waals surface area contributed by atoms with E-state index in [4.69, 9.17) is 4.74 Å². The molecule has 1 saturated heterocycles. The lowest BCUT2D eigenvalue weighted by Gasteiger charge is -2.25. The van der Waals surface area contributed by atoms with Gasteiger partial charge in [0.25, 0.3) is 0 Å². The van der Waals surface area contributed by atoms with Crippen LogP contribution in [0.2, 0.25) is 0 Å². The summed E-state index contributed by atoms with van der Waals surface area (Å²) in [6.45, 7) is 3.85. The normalized spacial score (nSPS) is 24.0. The second kappa shape index (κ2) is 5.20. The highest BCUT2D eigenvalue weighted by Crippen LogP contribution is 2.18. The van der Waals surface area contributed by atoms with Gasteiger partial charge < -0.3 is 9.64 Å². The lowest BCUT2D eigenvalue weighted by atomic mass is 10.00. The Hall–Kier alpha value is -0.760. The molecule has 0 aromatic heterocycles. The number of hydrogen-bond donors (Lipinski definition) is 0. The Morgan fingerprint density at radius 1 is 1.21 bits per heavy atom. The third-order valence-corrected chi connectivity index (χ3v) is 2.87. The van der Waals surface area contributed by atoms with Gasteiger partial charge in [0.1, 0.15) is 0 Å². The molecule has 2 heteroatoms. The predicted molar refractivity (Wildman–Crippen MR) is 58.1 cm³/mol. The van der Waals surface area contributed by atoms with Crippen molar-refractivity contribution >= 4 is 0 Å². The molecule has 14 heavy (non-hydrogen) atoms. The van der Waals surface area contributed by atoms with Gasteiger partial charge in [-0.15, -0.1) is 0 Å². The van der Waals surface area contributed by atoms with E-state index >= 15 is 0 Å². The fraction of sp³-hybridized carbons (Fsp3) is 0.667. The molecule has 0 unspecified atom stereocenters. The van der Waals surface area contributed by atoms with Crippen molar-refractivity contribution in [2.45, 2.75) is 25.7 Å². The molecule has 1 aliphatic carbocycles. The molecule has 78 valence electrons. The van der Waals surface area contributed by atoms with E-state index < -0.39 is 0 Å². The largest absolute Gasteiger partial charge is 0.378 e. The summed E-state index contributed by atoms with van der Waals surface area (Å²) >= 11 is 0. The monoisotopic (exact) mass is 193 g/mol. The van der Waals surface area contributed by atoms with Crippen LogP contribution in [0.15, 0.2) is 23.9 Å². The van der Waals surface area contributed by atoms with Crippen molar-refractivity contribution in [3.8, 4) is 0 Å². The van der Waals surface area contributed by atoms with E-state index in [-0.39, 0.29) is 0 Å². The Labute approximate surface area is 86.2 Å². The number of morpholine rings is 1. The van der Waals surface area contributed by atoms with Crippen LogP contribution in [-0.2, 0) is 4.74 Å². The Morgan fingerprint density at radius 3 is 2.79 bits per heavy atom. The molecule has 0 aromatic carbocycles. The summed E-state index contributed by atoms with van der Waals surface area (Å²) < 4.78 is 5.30. The van der Waals surface area contributed by atoms with Gasteiger partial charge in [0, 0.05) is 13.1 Å². The molecule has 0 atom stereocenters. The first kappa shape index (κ1) is 9.78. The molecule has 0 amide bonds. The Morgan fingerprint density at radius 2 is 2.07 bits per heavy atom. The summed E-state index contributed by atoms with van der Waals surface area (Å²) in [6.07, 6.45) is 12.2. The molecule has 1 heterocycles. The minimum Gasteiger partial charge on any atom is -0.378 e. The molecule has 0 radical (unpaired) electrons. The van der Waals surface area contributed by atoms with Gasteiger partial charge in [-0.3, -0.25) is 0 Å². The first-order valence-corrected chi connectivity index (χ1v) is 5.64. The van der Waals surface area contributed by atoms with E-state index in [9.17, 15) is 0 Å². The summed E-state index contributed by atoms with van der Waals surface area (Å²) in [5.41, 5.74) is 1.52. The predicted octanol–water partition coefficient (Wildman–Crippen LogP) is 2.33. The summed E-state index contributed by atoms with van der Waals surface area (Å²) in [6, 6.07) is 0. The molecule has 1 fully saturated rings. The highest BCUT2D eigenvalue weighted by Gasteiger charge is 2.05. The SMILES string of the molecule is C1=C(/C=C/N2CCOCC2)CCCC1. The maximum Gasteiger partial charge on any atom is 0.0642 e. The van der Waals surface area contributed by atoms with Crippen molar-refractivity contribution in [1.29, 1.82) is 0 Å². The smallest absolute Gasteiger partial charge is 0.0642 e. The summed E-state index contributed by atoms with van der Waals surface area (Å²) in [5.74, 6) is 0. The van der Waals surface area contributed by atoms with E-state index in [0.29, 0.717) is 0 Å². The molecule has 0 aromatic rings. The number of nitrogens with zero attached hydrogens (tertiary/aromatic N) is 1. The van der Waals surface area contributed by atoms with E-state index in [1.165, 1.54) is 31.3 Å². The molecule has 0 bridgehead atoms. The zero-order valence-electron chi connectivity index (χ0n) is 8.74. The first-order valence-electron chi connectivity index (χ1n) is 5.64. The van der Waals surface area contributed by atoms with Crippen LogP contribution in [0.4, 0.5) is 0 Å². The van der Waals surface area contributed by atoms with Crippen LogP contribution in [0.3, 0.4) is 0 Å². The van der Waals surface area contributed by atoms with Crippen molar-refractivity contribution < 1.29 is 4.74 Å². The van der Waals surface area contributed by atoms with Crippen molar-refractivity contribution in [1.82, 2.24) is 4.90 Å². The molecular weight excluding hydrogens is 174 g/mol. The molecule has 0 N–H and O–H groups in total. The minimum atomic E-state index is 0.878. The number of allylic oxidation sites excluding steroid dienone is 3. The first-order chi connectivity index (χ1) is 6.95. The van der Waals surface area contributed by atoms with Gasteiger partial charge in [0.05, 0.1) is 13.2 Å². The minimum absolute atomic E-state index is 0.878. The summed E-state index contributed by atoms with van der Waals surface area (Å²) in [4.78, 5) is 2.35. The van der Waals surface area contributed by atoms with E-state index in [1.807, 2.05) is 0 Å². The summed E-state index contributed by atoms with van der Waals surface area (Å²) in [5, 5.41) is 0. The van der Waals surface area contributed by atoms with Gasteiger partial charge in [0.2, 0.25) is 0 Å². The van der Waals surface area contributed by atoms with Gasteiger partial charge in [-0.05, 0) is 38.0 Å². The van der Waals surface area contributed by atoms with Crippen LogP contribution in [0.5, 0.6) is 0 Å². The third-order valence-electron chi connectivity index (χ3n) is 2.87. The maximum absolute atomic E-state index is 5.30. The van der Waals surface area contributed by atoms with Gasteiger partial charge in [-0.1, -0.05) is 11.6 Å². The van der Waals surface area contributed by atoms with Gasteiger partial charge in [-0.25, -0.2) is 0 Å². The highest BCUT2D eigenvalue weighted by molar-refractivity contribution is 5.19. The fourth-order valence-corrected chi connectivity index (χ4v) is 1.94. The standard InChI is InChI=1S/C12H19NO/c1-2-4-12(5-3-1)6-7-13-8-10-14-11-9-13/h4,6-7H,1-3,5,8-11H2/b7-6+. The molecular formula is C12H19NO. The lowest BCUT2D eigenvalue weighted by molar-refractivity contribution is 0.0594. The van der Waals surface area contributed by atoms with Gasteiger partial charge >= 0.3 is 0 Å². The number of hydrogen-bond acceptors (Lipinski definition) is 2. The van der Waals surface area contributed by atoms with Crippen LogP contribution in [-0.4, -0.2) is 31.2 Å². The molecule has 2 aliphatic rings. The van der Waals surface area contributed by atoms with Gasteiger partial charge in [-0.2, -0.15) is 0 Å². The zero-order chi connectivity index (χ0) is 9.64. The Bertz CT molecular complexity index is 226. The van der Waals surface area contributed by atoms with Crippen molar-refractivity contribution in [3.05, 3.63) is 23.9 Å². The van der Waals surface area contributed by atoms with Crippen molar-refractivity contribution in [2.24, 2.45) is 0 Å². The second-order valence-electron chi connectivity index (χ2n) is 3.99. The van der Waals surface area contributed by atoms with E-state index in [0.717, 1.165) is 26.3 Å². The van der Waals surface area contributed by atoms with Gasteiger partial charge in [0.15, 0.2) is 0 Å². The number of rotatable bonds is 2. The van der Waals surface area contributed by atoms with Crippen LogP contribution >= 0.6 is 0 Å². The van der Waals surface area contributed by atoms with E-state index in [1.54, 1.807) is 0 Å². The fourth-order valence-electron chi connectivity index (χ4n) is 1.94. The Kier molecular flexibility index (Phi) is 3.64. The van der Waals surface area contributed by atoms with Crippen LogP contribution in [0.1, 0.15) is 25.7 Å². The number of ether oxygens (including phenoxy) is 1. The second-order valence-corrected chi connectivity index (χ2v) is 3.99. The van der Waals surface area contributed by atoms with Crippen LogP contribution < -0.4 is 0 Å². The quantitative estimate of drug-likeness (QED) is 0.667. The third kappa shape index (κ3) is 2.88. The average Bonchev–Trinajstić information content (AvgIpc) is 2.29. The molecule has 1 aliphatic heterocycles. The topological polar surface area (TPSA) is 12.5 Å². The van der Waals surface area contributed by atoms with Crippen LogP contribution in [0.25, 0.3) is 0 Å². The van der Waals surface area contributed by atoms with Crippen molar-refractivity contribution in [3.63, 3.8) is 0 Å². The highest BCUT2D eigenvalue weighted by atomic mass is 16.5. The van der Waals surface area contributed by atoms with Crippen LogP contribution in [0, 0.1) is 0 Å². The van der Waals surface area contributed by atoms with Crippen molar-refractivity contribution in [2.75, 3.05) is 26.3 Å². The lowest BCUT2D eigenvalue weighted by Crippen LogP contribution is -2.32. The summed E-state index contributed by atoms with van der Waals surface area (Å²) in [7, 11) is 0. The van der Waals surface area contributed by atoms with E-state index in [2.05, 4.69) is 23.3 Å².